The number of urea groups is 1. The van der Waals surface area contributed by atoms with Crippen molar-refractivity contribution in [2.24, 2.45) is 5.41 Å². The Bertz CT molecular complexity index is 564. The average molecular weight is 298 g/mol. The number of amides is 2. The summed E-state index contributed by atoms with van der Waals surface area (Å²) in [7, 11) is 0. The summed E-state index contributed by atoms with van der Waals surface area (Å²) in [5.41, 5.74) is -0.120. The second-order valence-electron chi connectivity index (χ2n) is 5.29. The van der Waals surface area contributed by atoms with Crippen molar-refractivity contribution in [1.29, 1.82) is 0 Å². The van der Waals surface area contributed by atoms with Crippen LogP contribution in [0, 0.1) is 12.3 Å². The van der Waals surface area contributed by atoms with E-state index in [4.69, 9.17) is 16.7 Å². The zero-order valence-corrected chi connectivity index (χ0v) is 12.1. The fourth-order valence-corrected chi connectivity index (χ4v) is 2.37. The molecule has 108 valence electrons. The number of aromatic nitrogens is 1. The molecule has 2 amide bonds. The zero-order chi connectivity index (χ0) is 14.9. The molecule has 0 radical (unpaired) electrons. The monoisotopic (exact) mass is 297 g/mol. The third kappa shape index (κ3) is 2.85. The van der Waals surface area contributed by atoms with Crippen LogP contribution < -0.4 is 5.32 Å². The van der Waals surface area contributed by atoms with Gasteiger partial charge in [-0.3, -0.25) is 10.1 Å². The summed E-state index contributed by atoms with van der Waals surface area (Å²) in [5, 5.41) is 12.3. The number of carbonyl (C=O) groups excluding carboxylic acids is 1. The highest BCUT2D eigenvalue weighted by Crippen LogP contribution is 2.30. The lowest BCUT2D eigenvalue weighted by atomic mass is 9.90. The Morgan fingerprint density at radius 2 is 2.25 bits per heavy atom. The third-order valence-electron chi connectivity index (χ3n) is 3.55. The second-order valence-corrected chi connectivity index (χ2v) is 5.72. The van der Waals surface area contributed by atoms with Crippen molar-refractivity contribution < 1.29 is 14.7 Å². The normalized spacial score (nSPS) is 21.9. The Morgan fingerprint density at radius 1 is 1.55 bits per heavy atom. The quantitative estimate of drug-likeness (QED) is 0.878. The van der Waals surface area contributed by atoms with Gasteiger partial charge in [0.15, 0.2) is 0 Å². The van der Waals surface area contributed by atoms with E-state index in [0.717, 1.165) is 5.56 Å². The van der Waals surface area contributed by atoms with Crippen LogP contribution in [0.4, 0.5) is 10.6 Å². The number of carbonyl (C=O) groups is 2. The van der Waals surface area contributed by atoms with E-state index in [9.17, 15) is 9.59 Å². The molecule has 1 aromatic heterocycles. The SMILES string of the molecule is Cc1cc(Cl)cnc1NC(=O)N1CCC(C)(C(=O)O)C1. The molecule has 2 rings (SSSR count). The van der Waals surface area contributed by atoms with Crippen molar-refractivity contribution in [1.82, 2.24) is 9.88 Å². The molecule has 0 saturated carbocycles. The van der Waals surface area contributed by atoms with Gasteiger partial charge in [-0.25, -0.2) is 9.78 Å². The van der Waals surface area contributed by atoms with Gasteiger partial charge in [-0.1, -0.05) is 11.6 Å². The number of hydrogen-bond acceptors (Lipinski definition) is 3. The third-order valence-corrected chi connectivity index (χ3v) is 3.75. The predicted molar refractivity (Wildman–Crippen MR) is 74.9 cm³/mol. The summed E-state index contributed by atoms with van der Waals surface area (Å²) in [6.45, 7) is 4.05. The number of halogens is 1. The van der Waals surface area contributed by atoms with E-state index in [1.807, 2.05) is 0 Å². The zero-order valence-electron chi connectivity index (χ0n) is 11.3. The summed E-state index contributed by atoms with van der Waals surface area (Å²) >= 11 is 5.80. The molecule has 6 nitrogen and oxygen atoms in total. The molecule has 0 spiro atoms. The van der Waals surface area contributed by atoms with Crippen molar-refractivity contribution in [2.75, 3.05) is 18.4 Å². The molecule has 1 aliphatic heterocycles. The number of aliphatic carboxylic acids is 1. The van der Waals surface area contributed by atoms with Gasteiger partial charge in [0.05, 0.1) is 10.4 Å². The van der Waals surface area contributed by atoms with Crippen molar-refractivity contribution in [2.45, 2.75) is 20.3 Å². The standard InChI is InChI=1S/C13H16ClN3O3/c1-8-5-9(14)6-15-10(8)16-12(20)17-4-3-13(2,7-17)11(18)19/h5-6H,3-4,7H2,1-2H3,(H,18,19)(H,15,16,20). The number of carboxylic acid groups (broad SMARTS) is 1. The van der Waals surface area contributed by atoms with Gasteiger partial charge >= 0.3 is 12.0 Å². The number of likely N-dealkylation sites (tertiary alicyclic amines) is 1. The van der Waals surface area contributed by atoms with E-state index in [0.29, 0.717) is 23.8 Å². The van der Waals surface area contributed by atoms with Crippen LogP contribution in [0.1, 0.15) is 18.9 Å². The maximum Gasteiger partial charge on any atom is 0.323 e. The van der Waals surface area contributed by atoms with Gasteiger partial charge in [0, 0.05) is 19.3 Å². The molecule has 1 aromatic rings. The van der Waals surface area contributed by atoms with E-state index < -0.39 is 11.4 Å². The molecule has 20 heavy (non-hydrogen) atoms. The van der Waals surface area contributed by atoms with Gasteiger partial charge in [0.1, 0.15) is 5.82 Å². The summed E-state index contributed by atoms with van der Waals surface area (Å²) in [6, 6.07) is 1.36. The van der Waals surface area contributed by atoms with E-state index in [-0.39, 0.29) is 12.6 Å². The first-order chi connectivity index (χ1) is 9.32. The number of aryl methyl sites for hydroxylation is 1. The minimum Gasteiger partial charge on any atom is -0.481 e. The highest BCUT2D eigenvalue weighted by molar-refractivity contribution is 6.30. The Kier molecular flexibility index (Phi) is 3.85. The van der Waals surface area contributed by atoms with E-state index >= 15 is 0 Å². The average Bonchev–Trinajstić information content (AvgIpc) is 2.77. The summed E-state index contributed by atoms with van der Waals surface area (Å²) < 4.78 is 0. The molecule has 1 atom stereocenters. The number of nitrogens with one attached hydrogen (secondary N) is 1. The molecule has 0 aliphatic carbocycles. The van der Waals surface area contributed by atoms with Crippen LogP contribution >= 0.6 is 11.6 Å². The minimum atomic E-state index is -0.881. The predicted octanol–water partition coefficient (Wildman–Crippen LogP) is 2.37. The molecule has 1 fully saturated rings. The lowest BCUT2D eigenvalue weighted by Gasteiger charge is -2.20. The minimum absolute atomic E-state index is 0.195. The fourth-order valence-electron chi connectivity index (χ4n) is 2.16. The van der Waals surface area contributed by atoms with Crippen molar-refractivity contribution in [3.63, 3.8) is 0 Å². The molecular weight excluding hydrogens is 282 g/mol. The first-order valence-corrected chi connectivity index (χ1v) is 6.61. The van der Waals surface area contributed by atoms with Crippen molar-refractivity contribution >= 4 is 29.4 Å². The summed E-state index contributed by atoms with van der Waals surface area (Å²) in [6.07, 6.45) is 1.90. The molecule has 0 bridgehead atoms. The van der Waals surface area contributed by atoms with Gasteiger partial charge < -0.3 is 10.0 Å². The van der Waals surface area contributed by atoms with Crippen LogP contribution in [-0.4, -0.2) is 40.1 Å². The molecule has 1 aliphatic rings. The van der Waals surface area contributed by atoms with Crippen LogP contribution in [0.3, 0.4) is 0 Å². The van der Waals surface area contributed by atoms with Crippen LogP contribution in [0.15, 0.2) is 12.3 Å². The Balaban J connectivity index is 2.05. The lowest BCUT2D eigenvalue weighted by molar-refractivity contribution is -0.146. The maximum atomic E-state index is 12.1. The highest BCUT2D eigenvalue weighted by Gasteiger charge is 2.42. The second kappa shape index (κ2) is 5.28. The molecule has 2 heterocycles. The van der Waals surface area contributed by atoms with E-state index in [1.54, 1.807) is 19.9 Å². The van der Waals surface area contributed by atoms with E-state index in [1.165, 1.54) is 11.1 Å². The van der Waals surface area contributed by atoms with Gasteiger partial charge in [-0.05, 0) is 31.9 Å². The lowest BCUT2D eigenvalue weighted by Crippen LogP contribution is -2.37. The molecule has 0 aromatic carbocycles. The van der Waals surface area contributed by atoms with Crippen LogP contribution in [0.2, 0.25) is 5.02 Å². The number of nitrogens with zero attached hydrogens (tertiary/aromatic N) is 2. The molecule has 1 saturated heterocycles. The summed E-state index contributed by atoms with van der Waals surface area (Å²) in [4.78, 5) is 28.8. The number of rotatable bonds is 2. The molecule has 2 N–H and O–H groups in total. The maximum absolute atomic E-state index is 12.1. The van der Waals surface area contributed by atoms with Crippen LogP contribution in [0.5, 0.6) is 0 Å². The smallest absolute Gasteiger partial charge is 0.323 e. The Hall–Kier alpha value is -1.82. The van der Waals surface area contributed by atoms with Gasteiger partial charge in [0.2, 0.25) is 0 Å². The first kappa shape index (κ1) is 14.6. The Morgan fingerprint density at radius 3 is 2.80 bits per heavy atom. The molecule has 7 heteroatoms. The van der Waals surface area contributed by atoms with E-state index in [2.05, 4.69) is 10.3 Å². The molecule has 1 unspecified atom stereocenters. The largest absolute Gasteiger partial charge is 0.481 e. The van der Waals surface area contributed by atoms with Crippen molar-refractivity contribution in [3.8, 4) is 0 Å². The van der Waals surface area contributed by atoms with Crippen LogP contribution in [-0.2, 0) is 4.79 Å². The fraction of sp³-hybridized carbons (Fsp3) is 0.462. The van der Waals surface area contributed by atoms with Crippen LogP contribution in [0.25, 0.3) is 0 Å². The number of anilines is 1. The topological polar surface area (TPSA) is 82.5 Å². The summed E-state index contributed by atoms with van der Waals surface area (Å²) in [5.74, 6) is -0.447. The molecular formula is C13H16ClN3O3. The highest BCUT2D eigenvalue weighted by atomic mass is 35.5. The van der Waals surface area contributed by atoms with Gasteiger partial charge in [0.25, 0.3) is 0 Å². The van der Waals surface area contributed by atoms with Crippen molar-refractivity contribution in [3.05, 3.63) is 22.8 Å². The van der Waals surface area contributed by atoms with Gasteiger partial charge in [-0.2, -0.15) is 0 Å². The Labute approximate surface area is 121 Å². The van der Waals surface area contributed by atoms with Gasteiger partial charge in [-0.15, -0.1) is 0 Å². The number of hydrogen-bond donors (Lipinski definition) is 2. The number of carboxylic acids is 1. The number of pyridine rings is 1. The first-order valence-electron chi connectivity index (χ1n) is 6.23.